The largest absolute Gasteiger partial charge is 0.310 e. The van der Waals surface area contributed by atoms with Crippen LogP contribution >= 0.6 is 15.9 Å². The van der Waals surface area contributed by atoms with E-state index in [0.717, 1.165) is 18.5 Å². The number of hydrogen-bond acceptors (Lipinski definition) is 1. The Bertz CT molecular complexity index is 419. The van der Waals surface area contributed by atoms with Gasteiger partial charge >= 0.3 is 0 Å². The summed E-state index contributed by atoms with van der Waals surface area (Å²) in [5.41, 5.74) is 0.822. The van der Waals surface area contributed by atoms with Crippen molar-refractivity contribution >= 4 is 15.9 Å². The molecule has 0 heterocycles. The average molecular weight is 318 g/mol. The second-order valence-electron chi connectivity index (χ2n) is 4.91. The van der Waals surface area contributed by atoms with E-state index in [0.29, 0.717) is 5.92 Å². The average Bonchev–Trinajstić information content (AvgIpc) is 2.30. The zero-order valence-corrected chi connectivity index (χ0v) is 12.1. The molecule has 0 radical (unpaired) electrons. The quantitative estimate of drug-likeness (QED) is 0.784. The molecule has 1 fully saturated rings. The van der Waals surface area contributed by atoms with Gasteiger partial charge in [0.2, 0.25) is 0 Å². The van der Waals surface area contributed by atoms with Gasteiger partial charge in [-0.2, -0.15) is 0 Å². The van der Waals surface area contributed by atoms with E-state index in [4.69, 9.17) is 0 Å². The van der Waals surface area contributed by atoms with Crippen LogP contribution in [-0.2, 0) is 0 Å². The highest BCUT2D eigenvalue weighted by Gasteiger charge is 2.25. The Balaban J connectivity index is 2.20. The summed E-state index contributed by atoms with van der Waals surface area (Å²) in [4.78, 5) is 0. The Morgan fingerprint density at radius 3 is 2.67 bits per heavy atom. The summed E-state index contributed by atoms with van der Waals surface area (Å²) in [6.45, 7) is 2.85. The number of rotatable bonds is 5. The fourth-order valence-corrected chi connectivity index (χ4v) is 3.04. The van der Waals surface area contributed by atoms with Crippen molar-refractivity contribution in [1.82, 2.24) is 5.32 Å². The maximum atomic E-state index is 13.6. The summed E-state index contributed by atoms with van der Waals surface area (Å²) in [5.74, 6) is -0.873. The third-order valence-electron chi connectivity index (χ3n) is 3.68. The number of hydrogen-bond donors (Lipinski definition) is 1. The van der Waals surface area contributed by atoms with Gasteiger partial charge in [-0.25, -0.2) is 8.78 Å². The van der Waals surface area contributed by atoms with E-state index in [-0.39, 0.29) is 10.5 Å². The molecule has 0 spiro atoms. The van der Waals surface area contributed by atoms with Gasteiger partial charge in [-0.05, 0) is 46.4 Å². The lowest BCUT2D eigenvalue weighted by atomic mass is 9.79. The Morgan fingerprint density at radius 1 is 1.39 bits per heavy atom. The van der Waals surface area contributed by atoms with Gasteiger partial charge < -0.3 is 5.32 Å². The van der Waals surface area contributed by atoms with Crippen LogP contribution in [-0.4, -0.2) is 6.54 Å². The first-order valence-electron chi connectivity index (χ1n) is 6.50. The summed E-state index contributed by atoms with van der Waals surface area (Å²) >= 11 is 3.18. The van der Waals surface area contributed by atoms with E-state index in [2.05, 4.69) is 21.2 Å². The summed E-state index contributed by atoms with van der Waals surface area (Å²) in [7, 11) is 0. The molecule has 4 heteroatoms. The topological polar surface area (TPSA) is 12.0 Å². The molecule has 18 heavy (non-hydrogen) atoms. The molecule has 1 aromatic rings. The Morgan fingerprint density at radius 2 is 2.11 bits per heavy atom. The van der Waals surface area contributed by atoms with Crippen molar-refractivity contribution in [3.05, 3.63) is 33.8 Å². The molecule has 0 bridgehead atoms. The molecular formula is C14H18BrF2N. The van der Waals surface area contributed by atoms with E-state index in [1.54, 1.807) is 6.07 Å². The Hall–Kier alpha value is -0.480. The van der Waals surface area contributed by atoms with Gasteiger partial charge in [-0.15, -0.1) is 0 Å². The second-order valence-corrected chi connectivity index (χ2v) is 5.70. The van der Waals surface area contributed by atoms with E-state index in [1.807, 2.05) is 6.92 Å². The maximum Gasteiger partial charge on any atom is 0.173 e. The molecule has 1 aliphatic carbocycles. The molecule has 1 nitrogen and oxygen atoms in total. The van der Waals surface area contributed by atoms with E-state index >= 15 is 0 Å². The van der Waals surface area contributed by atoms with E-state index in [1.165, 1.54) is 25.3 Å². The first kappa shape index (κ1) is 13.9. The smallest absolute Gasteiger partial charge is 0.173 e. The van der Waals surface area contributed by atoms with Crippen molar-refractivity contribution < 1.29 is 8.78 Å². The zero-order valence-electron chi connectivity index (χ0n) is 10.5. The summed E-state index contributed by atoms with van der Waals surface area (Å²) in [6.07, 6.45) is 4.80. The highest BCUT2D eigenvalue weighted by atomic mass is 79.9. The summed E-state index contributed by atoms with van der Waals surface area (Å²) in [6, 6.07) is 2.99. The third-order valence-corrected chi connectivity index (χ3v) is 4.49. The van der Waals surface area contributed by atoms with Crippen LogP contribution in [0.1, 0.15) is 44.2 Å². The van der Waals surface area contributed by atoms with Gasteiger partial charge in [0.1, 0.15) is 0 Å². The van der Waals surface area contributed by atoms with Crippen LogP contribution < -0.4 is 5.32 Å². The molecule has 0 amide bonds. The van der Waals surface area contributed by atoms with E-state index < -0.39 is 11.6 Å². The highest BCUT2D eigenvalue weighted by Crippen LogP contribution is 2.37. The summed E-state index contributed by atoms with van der Waals surface area (Å²) < 4.78 is 27.0. The van der Waals surface area contributed by atoms with Crippen LogP contribution in [0.15, 0.2) is 16.6 Å². The fraction of sp³-hybridized carbons (Fsp3) is 0.571. The zero-order chi connectivity index (χ0) is 13.1. The standard InChI is InChI=1S/C14H18BrF2N/c1-2-18-12(8-9-4-3-5-9)10-6-7-11(16)14(17)13(10)15/h6-7,9,12,18H,2-5,8H2,1H3. The van der Waals surface area contributed by atoms with E-state index in [9.17, 15) is 8.78 Å². The van der Waals surface area contributed by atoms with Crippen LogP contribution in [0.3, 0.4) is 0 Å². The molecule has 0 aliphatic heterocycles. The van der Waals surface area contributed by atoms with Gasteiger partial charge in [0.05, 0.1) is 4.47 Å². The molecule has 1 N–H and O–H groups in total. The van der Waals surface area contributed by atoms with Gasteiger partial charge in [0, 0.05) is 6.04 Å². The molecule has 1 unspecified atom stereocenters. The molecule has 1 atom stereocenters. The predicted octanol–water partition coefficient (Wildman–Crippen LogP) is 4.57. The van der Waals surface area contributed by atoms with Crippen molar-refractivity contribution in [2.24, 2.45) is 5.92 Å². The first-order chi connectivity index (χ1) is 8.63. The van der Waals surface area contributed by atoms with Crippen LogP contribution in [0.2, 0.25) is 0 Å². The normalized spacial score (nSPS) is 17.6. The minimum atomic E-state index is -0.801. The molecule has 2 rings (SSSR count). The minimum absolute atomic E-state index is 0.102. The van der Waals surface area contributed by atoms with Gasteiger partial charge in [0.15, 0.2) is 11.6 Å². The lowest BCUT2D eigenvalue weighted by Crippen LogP contribution is -2.26. The SMILES string of the molecule is CCNC(CC1CCC1)c1ccc(F)c(F)c1Br. The van der Waals surface area contributed by atoms with Gasteiger partial charge in [0.25, 0.3) is 0 Å². The Labute approximate surface area is 115 Å². The maximum absolute atomic E-state index is 13.6. The molecule has 0 saturated heterocycles. The molecule has 1 saturated carbocycles. The highest BCUT2D eigenvalue weighted by molar-refractivity contribution is 9.10. The minimum Gasteiger partial charge on any atom is -0.310 e. The number of halogens is 3. The van der Waals surface area contributed by atoms with Crippen molar-refractivity contribution in [1.29, 1.82) is 0 Å². The van der Waals surface area contributed by atoms with Crippen molar-refractivity contribution in [3.63, 3.8) is 0 Å². The first-order valence-corrected chi connectivity index (χ1v) is 7.29. The van der Waals surface area contributed by atoms with Crippen LogP contribution in [0.4, 0.5) is 8.78 Å². The van der Waals surface area contributed by atoms with Gasteiger partial charge in [-0.1, -0.05) is 32.3 Å². The summed E-state index contributed by atoms with van der Waals surface area (Å²) in [5, 5.41) is 3.37. The van der Waals surface area contributed by atoms with Crippen molar-refractivity contribution in [2.75, 3.05) is 6.54 Å². The van der Waals surface area contributed by atoms with Crippen LogP contribution in [0.5, 0.6) is 0 Å². The van der Waals surface area contributed by atoms with Gasteiger partial charge in [-0.3, -0.25) is 0 Å². The molecule has 1 aromatic carbocycles. The second kappa shape index (κ2) is 6.11. The van der Waals surface area contributed by atoms with Crippen LogP contribution in [0, 0.1) is 17.6 Å². The predicted molar refractivity (Wildman–Crippen MR) is 72.4 cm³/mol. The Kier molecular flexibility index (Phi) is 4.73. The fourth-order valence-electron chi connectivity index (χ4n) is 2.44. The third kappa shape index (κ3) is 2.91. The molecule has 1 aliphatic rings. The monoisotopic (exact) mass is 317 g/mol. The van der Waals surface area contributed by atoms with Crippen molar-refractivity contribution in [3.8, 4) is 0 Å². The molecule has 100 valence electrons. The van der Waals surface area contributed by atoms with Crippen molar-refractivity contribution in [2.45, 2.75) is 38.6 Å². The van der Waals surface area contributed by atoms with Crippen LogP contribution in [0.25, 0.3) is 0 Å². The molecule has 0 aromatic heterocycles. The lowest BCUT2D eigenvalue weighted by molar-refractivity contribution is 0.261. The number of benzene rings is 1. The lowest BCUT2D eigenvalue weighted by Gasteiger charge is -2.30. The molecular weight excluding hydrogens is 300 g/mol. The number of nitrogens with one attached hydrogen (secondary N) is 1.